The molecule has 0 saturated carbocycles. The number of imidazole rings is 1. The zero-order chi connectivity index (χ0) is 16.5. The SMILES string of the molecule is O=C(Nc1ccccc1-c1cn2ccccc2n1)c1ccc(Br)o1. The minimum Gasteiger partial charge on any atom is -0.444 e. The minimum absolute atomic E-state index is 0.242. The summed E-state index contributed by atoms with van der Waals surface area (Å²) in [4.78, 5) is 16.9. The number of nitrogens with zero attached hydrogens (tertiary/aromatic N) is 2. The number of hydrogen-bond donors (Lipinski definition) is 1. The van der Waals surface area contributed by atoms with Crippen LogP contribution in [0.5, 0.6) is 0 Å². The van der Waals surface area contributed by atoms with Gasteiger partial charge in [-0.05, 0) is 46.3 Å². The van der Waals surface area contributed by atoms with Gasteiger partial charge >= 0.3 is 0 Å². The first-order valence-electron chi connectivity index (χ1n) is 7.30. The lowest BCUT2D eigenvalue weighted by molar-refractivity contribution is 0.0995. The van der Waals surface area contributed by atoms with Crippen LogP contribution in [-0.4, -0.2) is 15.3 Å². The number of fused-ring (bicyclic) bond motifs is 1. The van der Waals surface area contributed by atoms with Crippen LogP contribution in [-0.2, 0) is 0 Å². The van der Waals surface area contributed by atoms with Crippen LogP contribution in [0.3, 0.4) is 0 Å². The van der Waals surface area contributed by atoms with Crippen molar-refractivity contribution in [3.8, 4) is 11.3 Å². The number of furan rings is 1. The van der Waals surface area contributed by atoms with Gasteiger partial charge in [-0.25, -0.2) is 4.98 Å². The topological polar surface area (TPSA) is 59.5 Å². The number of carbonyl (C=O) groups is 1. The second-order valence-corrected chi connectivity index (χ2v) is 5.98. The summed E-state index contributed by atoms with van der Waals surface area (Å²) in [6, 6.07) is 16.7. The molecule has 3 aromatic heterocycles. The van der Waals surface area contributed by atoms with Gasteiger partial charge in [0.05, 0.1) is 11.4 Å². The summed E-state index contributed by atoms with van der Waals surface area (Å²) >= 11 is 3.20. The van der Waals surface area contributed by atoms with Gasteiger partial charge in [-0.3, -0.25) is 4.79 Å². The predicted octanol–water partition coefficient (Wildman–Crippen LogP) is 4.61. The van der Waals surface area contributed by atoms with Crippen molar-refractivity contribution in [3.05, 3.63) is 77.4 Å². The number of rotatable bonds is 3. The molecule has 1 aromatic carbocycles. The maximum atomic E-state index is 12.3. The quantitative estimate of drug-likeness (QED) is 0.563. The summed E-state index contributed by atoms with van der Waals surface area (Å²) in [6.07, 6.45) is 3.87. The van der Waals surface area contributed by atoms with Crippen molar-refractivity contribution in [2.45, 2.75) is 0 Å². The first-order chi connectivity index (χ1) is 11.7. The molecule has 0 radical (unpaired) electrons. The molecule has 0 fully saturated rings. The molecule has 4 rings (SSSR count). The van der Waals surface area contributed by atoms with E-state index in [2.05, 4.69) is 26.2 Å². The Hall–Kier alpha value is -2.86. The molecule has 4 aromatic rings. The van der Waals surface area contributed by atoms with E-state index in [9.17, 15) is 4.79 Å². The van der Waals surface area contributed by atoms with E-state index in [1.165, 1.54) is 0 Å². The number of hydrogen-bond acceptors (Lipinski definition) is 3. The number of halogens is 1. The highest BCUT2D eigenvalue weighted by Gasteiger charge is 2.14. The van der Waals surface area contributed by atoms with Crippen molar-refractivity contribution in [1.82, 2.24) is 9.38 Å². The zero-order valence-corrected chi connectivity index (χ0v) is 14.0. The van der Waals surface area contributed by atoms with Crippen LogP contribution in [0.15, 0.2) is 76.1 Å². The molecule has 0 aliphatic heterocycles. The average molecular weight is 382 g/mol. The largest absolute Gasteiger partial charge is 0.444 e. The average Bonchev–Trinajstić information content (AvgIpc) is 3.21. The van der Waals surface area contributed by atoms with E-state index in [1.54, 1.807) is 12.1 Å². The van der Waals surface area contributed by atoms with Crippen LogP contribution in [0.4, 0.5) is 5.69 Å². The van der Waals surface area contributed by atoms with Crippen LogP contribution in [0.1, 0.15) is 10.6 Å². The molecule has 0 atom stereocenters. The molecule has 5 nitrogen and oxygen atoms in total. The van der Waals surface area contributed by atoms with Gasteiger partial charge in [-0.15, -0.1) is 0 Å². The van der Waals surface area contributed by atoms with E-state index < -0.39 is 0 Å². The van der Waals surface area contributed by atoms with Crippen LogP contribution in [0, 0.1) is 0 Å². The van der Waals surface area contributed by atoms with Gasteiger partial charge in [-0.2, -0.15) is 0 Å². The Kier molecular flexibility index (Phi) is 3.66. The van der Waals surface area contributed by atoms with Gasteiger partial charge < -0.3 is 14.1 Å². The molecule has 3 heterocycles. The van der Waals surface area contributed by atoms with E-state index in [-0.39, 0.29) is 11.7 Å². The maximum absolute atomic E-state index is 12.3. The van der Waals surface area contributed by atoms with Crippen molar-refractivity contribution in [3.63, 3.8) is 0 Å². The molecule has 1 amide bonds. The second kappa shape index (κ2) is 5.98. The molecular formula is C18H12BrN3O2. The third-order valence-corrected chi connectivity index (χ3v) is 4.04. The highest BCUT2D eigenvalue weighted by Crippen LogP contribution is 2.28. The van der Waals surface area contributed by atoms with Gasteiger partial charge in [-0.1, -0.05) is 24.3 Å². The van der Waals surface area contributed by atoms with Gasteiger partial charge in [0.2, 0.25) is 0 Å². The smallest absolute Gasteiger partial charge is 0.291 e. The number of para-hydroxylation sites is 1. The lowest BCUT2D eigenvalue weighted by atomic mass is 10.1. The molecule has 0 bridgehead atoms. The molecular weight excluding hydrogens is 370 g/mol. The molecule has 0 aliphatic carbocycles. The highest BCUT2D eigenvalue weighted by molar-refractivity contribution is 9.10. The molecule has 1 N–H and O–H groups in total. The standard InChI is InChI=1S/C18H12BrN3O2/c19-16-9-8-15(24-16)18(23)21-13-6-2-1-5-12(13)14-11-22-10-4-3-7-17(22)20-14/h1-11H,(H,21,23). The monoisotopic (exact) mass is 381 g/mol. The van der Waals surface area contributed by atoms with Crippen molar-refractivity contribution in [2.75, 3.05) is 5.32 Å². The second-order valence-electron chi connectivity index (χ2n) is 5.20. The van der Waals surface area contributed by atoms with Crippen LogP contribution >= 0.6 is 15.9 Å². The van der Waals surface area contributed by atoms with Crippen molar-refractivity contribution in [2.24, 2.45) is 0 Å². The number of nitrogens with one attached hydrogen (secondary N) is 1. The fraction of sp³-hybridized carbons (Fsp3) is 0. The highest BCUT2D eigenvalue weighted by atomic mass is 79.9. The van der Waals surface area contributed by atoms with Crippen molar-refractivity contribution < 1.29 is 9.21 Å². The number of amides is 1. The maximum Gasteiger partial charge on any atom is 0.291 e. The Morgan fingerprint density at radius 1 is 1.08 bits per heavy atom. The number of benzene rings is 1. The summed E-state index contributed by atoms with van der Waals surface area (Å²) in [6.45, 7) is 0. The normalized spacial score (nSPS) is 10.9. The van der Waals surface area contributed by atoms with Gasteiger partial charge in [0.25, 0.3) is 5.91 Å². The number of anilines is 1. The number of pyridine rings is 1. The first kappa shape index (κ1) is 14.7. The molecule has 0 spiro atoms. The summed E-state index contributed by atoms with van der Waals surface area (Å²) in [5.74, 6) is -0.0661. The third kappa shape index (κ3) is 2.72. The summed E-state index contributed by atoms with van der Waals surface area (Å²) in [7, 11) is 0. The van der Waals surface area contributed by atoms with E-state index in [0.717, 1.165) is 16.9 Å². The first-order valence-corrected chi connectivity index (χ1v) is 8.10. The molecule has 118 valence electrons. The Morgan fingerprint density at radius 3 is 2.71 bits per heavy atom. The van der Waals surface area contributed by atoms with Gasteiger partial charge in [0, 0.05) is 18.0 Å². The molecule has 6 heteroatoms. The van der Waals surface area contributed by atoms with Crippen molar-refractivity contribution in [1.29, 1.82) is 0 Å². The summed E-state index contributed by atoms with van der Waals surface area (Å²) in [5.41, 5.74) is 3.17. The third-order valence-electron chi connectivity index (χ3n) is 3.61. The molecule has 24 heavy (non-hydrogen) atoms. The number of carbonyl (C=O) groups excluding carboxylic acids is 1. The van der Waals surface area contributed by atoms with Gasteiger partial charge in [0.1, 0.15) is 5.65 Å². The fourth-order valence-corrected chi connectivity index (χ4v) is 2.81. The molecule has 0 aliphatic rings. The number of aromatic nitrogens is 2. The van der Waals surface area contributed by atoms with Crippen molar-refractivity contribution >= 4 is 33.2 Å². The van der Waals surface area contributed by atoms with E-state index in [0.29, 0.717) is 10.4 Å². The Balaban J connectivity index is 1.71. The summed E-state index contributed by atoms with van der Waals surface area (Å²) in [5, 5.41) is 2.88. The Morgan fingerprint density at radius 2 is 1.92 bits per heavy atom. The van der Waals surface area contributed by atoms with Crippen LogP contribution in [0.2, 0.25) is 0 Å². The van der Waals surface area contributed by atoms with E-state index in [1.807, 2.05) is 59.3 Å². The lowest BCUT2D eigenvalue weighted by Gasteiger charge is -2.08. The molecule has 0 unspecified atom stereocenters. The Labute approximate surface area is 146 Å². The van der Waals surface area contributed by atoms with Gasteiger partial charge in [0.15, 0.2) is 10.4 Å². The Bertz CT molecular complexity index is 1000. The zero-order valence-electron chi connectivity index (χ0n) is 12.4. The van der Waals surface area contributed by atoms with Crippen LogP contribution < -0.4 is 5.32 Å². The minimum atomic E-state index is -0.308. The van der Waals surface area contributed by atoms with Crippen LogP contribution in [0.25, 0.3) is 16.9 Å². The lowest BCUT2D eigenvalue weighted by Crippen LogP contribution is -2.11. The molecule has 0 saturated heterocycles. The fourth-order valence-electron chi connectivity index (χ4n) is 2.50. The predicted molar refractivity (Wildman–Crippen MR) is 95.0 cm³/mol. The summed E-state index contributed by atoms with van der Waals surface area (Å²) < 4.78 is 7.75. The van der Waals surface area contributed by atoms with E-state index >= 15 is 0 Å². The van der Waals surface area contributed by atoms with E-state index in [4.69, 9.17) is 4.42 Å².